The minimum atomic E-state index is -4.05. The molecule has 200 valence electrons. The lowest BCUT2D eigenvalue weighted by Crippen LogP contribution is -2.55. The molecule has 8 nitrogen and oxygen atoms in total. The van der Waals surface area contributed by atoms with E-state index in [-0.39, 0.29) is 58.9 Å². The van der Waals surface area contributed by atoms with Crippen molar-refractivity contribution in [2.45, 2.75) is 41.4 Å². The molecule has 0 heterocycles. The summed E-state index contributed by atoms with van der Waals surface area (Å²) >= 11 is 6.21. The van der Waals surface area contributed by atoms with Crippen LogP contribution in [0.2, 0.25) is 5.02 Å². The number of hydrogen-bond acceptors (Lipinski definition) is 6. The highest BCUT2D eigenvalue weighted by molar-refractivity contribution is 7.92. The molecule has 2 bridgehead atoms. The Morgan fingerprint density at radius 3 is 2.24 bits per heavy atom. The van der Waals surface area contributed by atoms with Gasteiger partial charge in [-0.25, -0.2) is 21.6 Å². The van der Waals surface area contributed by atoms with Crippen molar-refractivity contribution < 1.29 is 36.3 Å². The van der Waals surface area contributed by atoms with Gasteiger partial charge in [-0.05, 0) is 55.7 Å². The van der Waals surface area contributed by atoms with Crippen LogP contribution in [0.15, 0.2) is 35.2 Å². The summed E-state index contributed by atoms with van der Waals surface area (Å²) in [6, 6.07) is 4.74. The van der Waals surface area contributed by atoms with E-state index in [0.717, 1.165) is 6.07 Å². The number of sulfone groups is 1. The number of hydrogen-bond donors (Lipinski definition) is 4. The molecule has 2 saturated carbocycles. The summed E-state index contributed by atoms with van der Waals surface area (Å²) in [5, 5.41) is 15.0. The van der Waals surface area contributed by atoms with Crippen LogP contribution in [0.3, 0.4) is 0 Å². The second-order valence-corrected chi connectivity index (χ2v) is 12.0. The van der Waals surface area contributed by atoms with Gasteiger partial charge in [0.1, 0.15) is 0 Å². The molecular formula is C24H25ClF3N3O5S. The Bertz CT molecular complexity index is 1320. The average Bonchev–Trinajstić information content (AvgIpc) is 3.01. The predicted molar refractivity (Wildman–Crippen MR) is 129 cm³/mol. The number of anilines is 1. The minimum Gasteiger partial charge on any atom is -0.387 e. The lowest BCUT2D eigenvalue weighted by atomic mass is 9.74. The van der Waals surface area contributed by atoms with Crippen molar-refractivity contribution >= 4 is 38.9 Å². The highest BCUT2D eigenvalue weighted by atomic mass is 35.5. The summed E-state index contributed by atoms with van der Waals surface area (Å²) < 4.78 is 67.4. The number of carbonyl (C=O) groups excluding carboxylic acids is 2. The molecule has 2 aromatic rings. The normalized spacial score (nSPS) is 25.1. The zero-order chi connectivity index (χ0) is 27.1. The Morgan fingerprint density at radius 1 is 1.08 bits per heavy atom. The van der Waals surface area contributed by atoms with E-state index in [4.69, 9.17) is 17.3 Å². The van der Waals surface area contributed by atoms with Crippen molar-refractivity contribution in [3.05, 3.63) is 58.4 Å². The molecule has 4 rings (SSSR count). The van der Waals surface area contributed by atoms with Gasteiger partial charge in [0.05, 0.1) is 27.3 Å². The standard InChI is InChI=1S/C24H25ClF3N3O5S/c25-17-4-1-12(23(33)31-15-8-18(26)22(28)19(27)9-15)5-20(17)37(35,36)16-6-13-2-3-14(7-16)24(13,34)11-30-21(32)10-29/h1,4-5,8-9,13-14,16,34H,2-3,6-7,10-11,29H2,(H,30,32)(H,31,33)/t13?,14?,16-,24-. The lowest BCUT2D eigenvalue weighted by Gasteiger charge is -2.42. The molecule has 2 aliphatic rings. The number of carbonyl (C=O) groups is 2. The van der Waals surface area contributed by atoms with Crippen LogP contribution in [0.25, 0.3) is 0 Å². The van der Waals surface area contributed by atoms with Crippen LogP contribution in [0.5, 0.6) is 0 Å². The Hall–Kier alpha value is -2.67. The molecular weight excluding hydrogens is 535 g/mol. The second kappa shape index (κ2) is 10.2. The minimum absolute atomic E-state index is 0.0217. The largest absolute Gasteiger partial charge is 0.387 e. The molecule has 2 unspecified atom stereocenters. The second-order valence-electron chi connectivity index (χ2n) is 9.43. The van der Waals surface area contributed by atoms with Gasteiger partial charge in [0.2, 0.25) is 5.91 Å². The first-order chi connectivity index (χ1) is 17.4. The summed E-state index contributed by atoms with van der Waals surface area (Å²) in [6.45, 7) is -0.248. The third kappa shape index (κ3) is 5.20. The number of nitrogens with one attached hydrogen (secondary N) is 2. The summed E-state index contributed by atoms with van der Waals surface area (Å²) in [5.41, 5.74) is 3.56. The van der Waals surface area contributed by atoms with Gasteiger partial charge in [-0.15, -0.1) is 0 Å². The van der Waals surface area contributed by atoms with Gasteiger partial charge in [0, 0.05) is 29.9 Å². The SMILES string of the molecule is NCC(=O)NC[C@]1(O)C2CCC1C[C@@H](S(=O)(=O)c1cc(C(=O)Nc3cc(F)c(F)c(F)c3)ccc1Cl)C2. The molecule has 2 aliphatic carbocycles. The van der Waals surface area contributed by atoms with Crippen molar-refractivity contribution in [2.75, 3.05) is 18.4 Å². The van der Waals surface area contributed by atoms with E-state index in [1.807, 2.05) is 0 Å². The van der Waals surface area contributed by atoms with Crippen molar-refractivity contribution in [1.82, 2.24) is 5.32 Å². The number of rotatable bonds is 7. The Morgan fingerprint density at radius 2 is 1.68 bits per heavy atom. The van der Waals surface area contributed by atoms with Gasteiger partial charge in [-0.3, -0.25) is 9.59 Å². The highest BCUT2D eigenvalue weighted by Crippen LogP contribution is 2.52. The molecule has 5 N–H and O–H groups in total. The molecule has 2 atom stereocenters. The molecule has 0 radical (unpaired) electrons. The number of aliphatic hydroxyl groups is 1. The smallest absolute Gasteiger partial charge is 0.255 e. The number of fused-ring (bicyclic) bond motifs is 2. The molecule has 0 aliphatic heterocycles. The monoisotopic (exact) mass is 559 g/mol. The summed E-state index contributed by atoms with van der Waals surface area (Å²) in [6.07, 6.45) is 1.45. The number of amides is 2. The zero-order valence-electron chi connectivity index (χ0n) is 19.4. The van der Waals surface area contributed by atoms with Gasteiger partial charge in [0.25, 0.3) is 5.91 Å². The first-order valence-corrected chi connectivity index (χ1v) is 13.5. The van der Waals surface area contributed by atoms with Crippen LogP contribution in [0.4, 0.5) is 18.9 Å². The summed E-state index contributed by atoms with van der Waals surface area (Å²) in [4.78, 5) is 24.0. The lowest BCUT2D eigenvalue weighted by molar-refractivity contribution is -0.123. The molecule has 13 heteroatoms. The van der Waals surface area contributed by atoms with Crippen molar-refractivity contribution in [3.63, 3.8) is 0 Å². The number of benzene rings is 2. The Balaban J connectivity index is 1.55. The summed E-state index contributed by atoms with van der Waals surface area (Å²) in [5.74, 6) is -6.74. The fraction of sp³-hybridized carbons (Fsp3) is 0.417. The van der Waals surface area contributed by atoms with Crippen LogP contribution in [0.1, 0.15) is 36.0 Å². The average molecular weight is 560 g/mol. The fourth-order valence-corrected chi connectivity index (χ4v) is 7.74. The molecule has 0 saturated heterocycles. The summed E-state index contributed by atoms with van der Waals surface area (Å²) in [7, 11) is -4.05. The first kappa shape index (κ1) is 27.4. The third-order valence-electron chi connectivity index (χ3n) is 7.31. The van der Waals surface area contributed by atoms with Gasteiger partial charge in [-0.1, -0.05) is 11.6 Å². The van der Waals surface area contributed by atoms with Crippen molar-refractivity contribution in [1.29, 1.82) is 0 Å². The maximum absolute atomic E-state index is 13.6. The molecule has 0 aromatic heterocycles. The van der Waals surface area contributed by atoms with Crippen LogP contribution < -0.4 is 16.4 Å². The van der Waals surface area contributed by atoms with E-state index in [1.54, 1.807) is 0 Å². The van der Waals surface area contributed by atoms with Gasteiger partial charge in [0.15, 0.2) is 27.3 Å². The topological polar surface area (TPSA) is 139 Å². The Kier molecular flexibility index (Phi) is 7.57. The Labute approximate surface area is 216 Å². The predicted octanol–water partition coefficient (Wildman–Crippen LogP) is 2.78. The van der Waals surface area contributed by atoms with E-state index < -0.39 is 50.0 Å². The van der Waals surface area contributed by atoms with E-state index in [1.165, 1.54) is 12.1 Å². The zero-order valence-corrected chi connectivity index (χ0v) is 21.0. The van der Waals surface area contributed by atoms with Crippen LogP contribution >= 0.6 is 11.6 Å². The molecule has 0 spiro atoms. The molecule has 37 heavy (non-hydrogen) atoms. The van der Waals surface area contributed by atoms with Crippen LogP contribution in [-0.4, -0.2) is 49.3 Å². The first-order valence-electron chi connectivity index (χ1n) is 11.5. The van der Waals surface area contributed by atoms with E-state index in [0.29, 0.717) is 25.0 Å². The van der Waals surface area contributed by atoms with E-state index in [9.17, 15) is 36.3 Å². The van der Waals surface area contributed by atoms with Crippen molar-refractivity contribution in [3.8, 4) is 0 Å². The van der Waals surface area contributed by atoms with Gasteiger partial charge >= 0.3 is 0 Å². The highest BCUT2D eigenvalue weighted by Gasteiger charge is 2.55. The fourth-order valence-electron chi connectivity index (χ4n) is 5.34. The van der Waals surface area contributed by atoms with E-state index in [2.05, 4.69) is 10.6 Å². The van der Waals surface area contributed by atoms with Gasteiger partial charge in [-0.2, -0.15) is 0 Å². The molecule has 2 fully saturated rings. The quantitative estimate of drug-likeness (QED) is 0.385. The van der Waals surface area contributed by atoms with Crippen LogP contribution in [0, 0.1) is 29.3 Å². The van der Waals surface area contributed by atoms with Crippen molar-refractivity contribution in [2.24, 2.45) is 17.6 Å². The molecule has 2 aromatic carbocycles. The number of halogens is 4. The van der Waals surface area contributed by atoms with Gasteiger partial charge < -0.3 is 21.5 Å². The molecule has 2 amide bonds. The number of nitrogens with two attached hydrogens (primary N) is 1. The maximum atomic E-state index is 13.6. The van der Waals surface area contributed by atoms with E-state index >= 15 is 0 Å². The van der Waals surface area contributed by atoms with Crippen LogP contribution in [-0.2, 0) is 14.6 Å². The maximum Gasteiger partial charge on any atom is 0.255 e. The third-order valence-corrected chi connectivity index (χ3v) is 9.96.